The van der Waals surface area contributed by atoms with E-state index in [1.807, 2.05) is 38.4 Å². The highest BCUT2D eigenvalue weighted by atomic mass is 35.5. The van der Waals surface area contributed by atoms with Gasteiger partial charge in [-0.05, 0) is 49.1 Å². The molecule has 1 unspecified atom stereocenters. The third kappa shape index (κ3) is 4.45. The first-order valence-corrected chi connectivity index (χ1v) is 7.50. The number of rotatable bonds is 5. The smallest absolute Gasteiger partial charge is 0.131 e. The molecule has 1 atom stereocenters. The van der Waals surface area contributed by atoms with Crippen LogP contribution in [0.15, 0.2) is 36.5 Å². The molecule has 4 heteroatoms. The predicted molar refractivity (Wildman–Crippen MR) is 89.9 cm³/mol. The van der Waals surface area contributed by atoms with Crippen LogP contribution in [0.3, 0.4) is 0 Å². The van der Waals surface area contributed by atoms with Crippen molar-refractivity contribution in [3.8, 4) is 0 Å². The SMILES string of the molecule is Cc1cc(CC(C)N)cnc1N(C)Cc1cccc(Cl)c1. The van der Waals surface area contributed by atoms with E-state index in [-0.39, 0.29) is 6.04 Å². The van der Waals surface area contributed by atoms with E-state index in [1.165, 1.54) is 11.1 Å². The van der Waals surface area contributed by atoms with Crippen LogP contribution in [0, 0.1) is 6.92 Å². The molecule has 21 heavy (non-hydrogen) atoms. The van der Waals surface area contributed by atoms with Crippen LogP contribution < -0.4 is 10.6 Å². The molecular weight excluding hydrogens is 282 g/mol. The van der Waals surface area contributed by atoms with Gasteiger partial charge >= 0.3 is 0 Å². The van der Waals surface area contributed by atoms with Gasteiger partial charge < -0.3 is 10.6 Å². The third-order valence-corrected chi connectivity index (χ3v) is 3.57. The molecule has 3 nitrogen and oxygen atoms in total. The number of nitrogens with zero attached hydrogens (tertiary/aromatic N) is 2. The van der Waals surface area contributed by atoms with Gasteiger partial charge in [0, 0.05) is 30.9 Å². The van der Waals surface area contributed by atoms with Crippen molar-refractivity contribution in [1.82, 2.24) is 4.98 Å². The summed E-state index contributed by atoms with van der Waals surface area (Å²) in [6.07, 6.45) is 2.77. The molecule has 2 N–H and O–H groups in total. The lowest BCUT2D eigenvalue weighted by atomic mass is 10.1. The number of aromatic nitrogens is 1. The molecule has 0 aliphatic carbocycles. The second kappa shape index (κ2) is 6.92. The minimum Gasteiger partial charge on any atom is -0.355 e. The highest BCUT2D eigenvalue weighted by molar-refractivity contribution is 6.30. The van der Waals surface area contributed by atoms with Gasteiger partial charge in [0.05, 0.1) is 0 Å². The van der Waals surface area contributed by atoms with Gasteiger partial charge in [0.1, 0.15) is 5.82 Å². The standard InChI is InChI=1S/C17H22ClN3/c1-12-7-15(8-13(2)19)10-20-17(12)21(3)11-14-5-4-6-16(18)9-14/h4-7,9-10,13H,8,11,19H2,1-3H3. The fraction of sp³-hybridized carbons (Fsp3) is 0.353. The van der Waals surface area contributed by atoms with E-state index in [9.17, 15) is 0 Å². The molecule has 112 valence electrons. The van der Waals surface area contributed by atoms with Crippen molar-refractivity contribution in [3.05, 3.63) is 58.2 Å². The average Bonchev–Trinajstić information content (AvgIpc) is 2.37. The first kappa shape index (κ1) is 15.8. The summed E-state index contributed by atoms with van der Waals surface area (Å²) in [5.41, 5.74) is 9.36. The quantitative estimate of drug-likeness (QED) is 0.918. The maximum absolute atomic E-state index is 6.03. The molecular formula is C17H22ClN3. The van der Waals surface area contributed by atoms with Gasteiger partial charge in [-0.3, -0.25) is 0 Å². The molecule has 0 bridgehead atoms. The van der Waals surface area contributed by atoms with E-state index >= 15 is 0 Å². The zero-order valence-electron chi connectivity index (χ0n) is 12.8. The summed E-state index contributed by atoms with van der Waals surface area (Å²) in [6, 6.07) is 10.2. The highest BCUT2D eigenvalue weighted by Crippen LogP contribution is 2.20. The van der Waals surface area contributed by atoms with Gasteiger partial charge in [-0.25, -0.2) is 4.98 Å². The molecule has 1 aromatic carbocycles. The Bertz CT molecular complexity index is 611. The molecule has 0 aliphatic rings. The Labute approximate surface area is 131 Å². The van der Waals surface area contributed by atoms with E-state index in [0.29, 0.717) is 0 Å². The van der Waals surface area contributed by atoms with Crippen molar-refractivity contribution >= 4 is 17.4 Å². The van der Waals surface area contributed by atoms with Crippen molar-refractivity contribution in [2.24, 2.45) is 5.73 Å². The molecule has 0 saturated carbocycles. The summed E-state index contributed by atoms with van der Waals surface area (Å²) in [4.78, 5) is 6.72. The van der Waals surface area contributed by atoms with Gasteiger partial charge in [-0.15, -0.1) is 0 Å². The van der Waals surface area contributed by atoms with Crippen LogP contribution in [0.1, 0.15) is 23.6 Å². The molecule has 0 amide bonds. The second-order valence-corrected chi connectivity index (χ2v) is 6.09. The van der Waals surface area contributed by atoms with Crippen LogP contribution in [-0.2, 0) is 13.0 Å². The second-order valence-electron chi connectivity index (χ2n) is 5.65. The summed E-state index contributed by atoms with van der Waals surface area (Å²) in [7, 11) is 2.04. The topological polar surface area (TPSA) is 42.1 Å². The minimum atomic E-state index is 0.154. The van der Waals surface area contributed by atoms with Crippen LogP contribution in [0.4, 0.5) is 5.82 Å². The summed E-state index contributed by atoms with van der Waals surface area (Å²) < 4.78 is 0. The number of benzene rings is 1. The number of hydrogen-bond donors (Lipinski definition) is 1. The molecule has 0 saturated heterocycles. The van der Waals surface area contributed by atoms with Gasteiger partial charge in [0.15, 0.2) is 0 Å². The van der Waals surface area contributed by atoms with Crippen molar-refractivity contribution < 1.29 is 0 Å². The number of anilines is 1. The maximum atomic E-state index is 6.03. The van der Waals surface area contributed by atoms with Crippen LogP contribution in [-0.4, -0.2) is 18.1 Å². The Morgan fingerprint density at radius 3 is 2.67 bits per heavy atom. The average molecular weight is 304 g/mol. The lowest BCUT2D eigenvalue weighted by Gasteiger charge is -2.21. The molecule has 1 heterocycles. The van der Waals surface area contributed by atoms with Crippen molar-refractivity contribution in [2.45, 2.75) is 32.9 Å². The summed E-state index contributed by atoms with van der Waals surface area (Å²) in [6.45, 7) is 4.87. The van der Waals surface area contributed by atoms with Crippen molar-refractivity contribution in [3.63, 3.8) is 0 Å². The zero-order chi connectivity index (χ0) is 15.4. The monoisotopic (exact) mass is 303 g/mol. The normalized spacial score (nSPS) is 12.2. The molecule has 1 aromatic heterocycles. The summed E-state index contributed by atoms with van der Waals surface area (Å²) in [5, 5.41) is 0.762. The molecule has 0 radical (unpaired) electrons. The fourth-order valence-electron chi connectivity index (χ4n) is 2.49. The first-order valence-electron chi connectivity index (χ1n) is 7.12. The Morgan fingerprint density at radius 1 is 1.29 bits per heavy atom. The predicted octanol–water partition coefficient (Wildman–Crippen LogP) is 3.57. The van der Waals surface area contributed by atoms with E-state index < -0.39 is 0 Å². The Morgan fingerprint density at radius 2 is 2.05 bits per heavy atom. The molecule has 2 aromatic rings. The maximum Gasteiger partial charge on any atom is 0.131 e. The van der Waals surface area contributed by atoms with Crippen molar-refractivity contribution in [2.75, 3.05) is 11.9 Å². The van der Waals surface area contributed by atoms with E-state index in [1.54, 1.807) is 0 Å². The first-order chi connectivity index (χ1) is 9.95. The lowest BCUT2D eigenvalue weighted by molar-refractivity contribution is 0.734. The third-order valence-electron chi connectivity index (χ3n) is 3.34. The largest absolute Gasteiger partial charge is 0.355 e. The lowest BCUT2D eigenvalue weighted by Crippen LogP contribution is -2.20. The summed E-state index contributed by atoms with van der Waals surface area (Å²) in [5.74, 6) is 0.989. The number of hydrogen-bond acceptors (Lipinski definition) is 3. The van der Waals surface area contributed by atoms with Crippen LogP contribution in [0.5, 0.6) is 0 Å². The van der Waals surface area contributed by atoms with Crippen LogP contribution in [0.25, 0.3) is 0 Å². The zero-order valence-corrected chi connectivity index (χ0v) is 13.6. The van der Waals surface area contributed by atoms with Crippen LogP contribution in [0.2, 0.25) is 5.02 Å². The Balaban J connectivity index is 2.13. The van der Waals surface area contributed by atoms with Gasteiger partial charge in [-0.2, -0.15) is 0 Å². The van der Waals surface area contributed by atoms with Gasteiger partial charge in [-0.1, -0.05) is 29.8 Å². The van der Waals surface area contributed by atoms with E-state index in [0.717, 1.165) is 29.4 Å². The number of halogens is 1. The Kier molecular flexibility index (Phi) is 5.21. The fourth-order valence-corrected chi connectivity index (χ4v) is 2.71. The molecule has 0 spiro atoms. The van der Waals surface area contributed by atoms with Gasteiger partial charge in [0.2, 0.25) is 0 Å². The summed E-state index contributed by atoms with van der Waals surface area (Å²) >= 11 is 6.03. The van der Waals surface area contributed by atoms with Crippen molar-refractivity contribution in [1.29, 1.82) is 0 Å². The number of aryl methyl sites for hydroxylation is 1. The van der Waals surface area contributed by atoms with Crippen LogP contribution >= 0.6 is 11.6 Å². The minimum absolute atomic E-state index is 0.154. The molecule has 0 aliphatic heterocycles. The van der Waals surface area contributed by atoms with E-state index in [2.05, 4.69) is 28.9 Å². The Hall–Kier alpha value is -1.58. The number of pyridine rings is 1. The molecule has 0 fully saturated rings. The number of nitrogens with two attached hydrogens (primary N) is 1. The molecule has 2 rings (SSSR count). The highest BCUT2D eigenvalue weighted by Gasteiger charge is 2.09. The van der Waals surface area contributed by atoms with Gasteiger partial charge in [0.25, 0.3) is 0 Å². The van der Waals surface area contributed by atoms with E-state index in [4.69, 9.17) is 17.3 Å².